The molecule has 3 heteroatoms. The van der Waals surface area contributed by atoms with Crippen molar-refractivity contribution >= 4 is 5.91 Å². The van der Waals surface area contributed by atoms with Crippen molar-refractivity contribution in [3.63, 3.8) is 0 Å². The molecule has 3 nitrogen and oxygen atoms in total. The van der Waals surface area contributed by atoms with Crippen molar-refractivity contribution in [2.24, 2.45) is 0 Å². The Labute approximate surface area is 126 Å². The van der Waals surface area contributed by atoms with Crippen molar-refractivity contribution in [3.05, 3.63) is 41.0 Å². The lowest BCUT2D eigenvalue weighted by molar-refractivity contribution is -0.131. The lowest BCUT2D eigenvalue weighted by Gasteiger charge is -2.40. The van der Waals surface area contributed by atoms with E-state index in [9.17, 15) is 4.79 Å². The standard InChI is InChI=1S/C18H23NO2/c1-13(20)19-12-11-14-5-3-4-6-17(14)18(19)15-7-9-16(21-2)10-8-15/h7-10,18H,3-6,11-12H2,1-2H3. The van der Waals surface area contributed by atoms with Crippen LogP contribution >= 0.6 is 0 Å². The first-order chi connectivity index (χ1) is 10.2. The zero-order valence-corrected chi connectivity index (χ0v) is 12.9. The molecule has 0 spiro atoms. The van der Waals surface area contributed by atoms with Crippen LogP contribution in [0, 0.1) is 0 Å². The van der Waals surface area contributed by atoms with Gasteiger partial charge in [-0.1, -0.05) is 17.7 Å². The molecule has 0 fully saturated rings. The number of amides is 1. The number of rotatable bonds is 2. The van der Waals surface area contributed by atoms with Crippen molar-refractivity contribution in [2.75, 3.05) is 13.7 Å². The molecule has 0 radical (unpaired) electrons. The maximum Gasteiger partial charge on any atom is 0.220 e. The van der Waals surface area contributed by atoms with Crippen LogP contribution in [0.1, 0.15) is 50.6 Å². The molecule has 0 bridgehead atoms. The van der Waals surface area contributed by atoms with Gasteiger partial charge in [0.2, 0.25) is 5.91 Å². The molecule has 21 heavy (non-hydrogen) atoms. The van der Waals surface area contributed by atoms with E-state index >= 15 is 0 Å². The van der Waals surface area contributed by atoms with Crippen molar-refractivity contribution in [1.29, 1.82) is 0 Å². The third kappa shape index (κ3) is 2.69. The maximum absolute atomic E-state index is 12.1. The van der Waals surface area contributed by atoms with Crippen LogP contribution in [0.3, 0.4) is 0 Å². The van der Waals surface area contributed by atoms with Gasteiger partial charge in [-0.3, -0.25) is 4.79 Å². The fourth-order valence-electron chi connectivity index (χ4n) is 3.69. The molecule has 0 N–H and O–H groups in total. The Hall–Kier alpha value is -1.77. The van der Waals surface area contributed by atoms with Gasteiger partial charge in [-0.05, 0) is 55.4 Å². The van der Waals surface area contributed by atoms with Gasteiger partial charge in [0.15, 0.2) is 0 Å². The second-order valence-corrected chi connectivity index (χ2v) is 5.97. The SMILES string of the molecule is COc1ccc(C2C3=C(CCCC3)CCN2C(C)=O)cc1. The summed E-state index contributed by atoms with van der Waals surface area (Å²) in [6.07, 6.45) is 5.95. The number of methoxy groups -OCH3 is 1. The monoisotopic (exact) mass is 285 g/mol. The average Bonchev–Trinajstić information content (AvgIpc) is 2.53. The first-order valence-electron chi connectivity index (χ1n) is 7.82. The second kappa shape index (κ2) is 5.92. The molecule has 1 aromatic rings. The minimum atomic E-state index is 0.137. The molecule has 1 amide bonds. The molecule has 0 saturated heterocycles. The normalized spacial score (nSPS) is 22.0. The molecule has 2 aliphatic rings. The Bertz CT molecular complexity index is 559. The van der Waals surface area contributed by atoms with Crippen LogP contribution in [0.2, 0.25) is 0 Å². The van der Waals surface area contributed by atoms with E-state index in [1.807, 2.05) is 17.0 Å². The van der Waals surface area contributed by atoms with Gasteiger partial charge < -0.3 is 9.64 Å². The van der Waals surface area contributed by atoms with Gasteiger partial charge in [-0.2, -0.15) is 0 Å². The van der Waals surface area contributed by atoms with Crippen molar-refractivity contribution in [1.82, 2.24) is 4.90 Å². The maximum atomic E-state index is 12.1. The van der Waals surface area contributed by atoms with E-state index in [-0.39, 0.29) is 11.9 Å². The summed E-state index contributed by atoms with van der Waals surface area (Å²) in [4.78, 5) is 14.1. The summed E-state index contributed by atoms with van der Waals surface area (Å²) < 4.78 is 5.24. The van der Waals surface area contributed by atoms with Crippen molar-refractivity contribution in [2.45, 2.75) is 45.1 Å². The molecule has 3 rings (SSSR count). The van der Waals surface area contributed by atoms with E-state index in [2.05, 4.69) is 12.1 Å². The van der Waals surface area contributed by atoms with Gasteiger partial charge in [0, 0.05) is 13.5 Å². The summed E-state index contributed by atoms with van der Waals surface area (Å²) in [5.41, 5.74) is 4.30. The smallest absolute Gasteiger partial charge is 0.220 e. The van der Waals surface area contributed by atoms with Gasteiger partial charge in [0.05, 0.1) is 13.2 Å². The second-order valence-electron chi connectivity index (χ2n) is 5.97. The fourth-order valence-corrected chi connectivity index (χ4v) is 3.69. The third-order valence-corrected chi connectivity index (χ3v) is 4.76. The van der Waals surface area contributed by atoms with E-state index in [1.165, 1.54) is 30.4 Å². The summed E-state index contributed by atoms with van der Waals surface area (Å²) in [6, 6.07) is 8.32. The zero-order valence-electron chi connectivity index (χ0n) is 12.9. The number of carbonyl (C=O) groups excluding carboxylic acids is 1. The number of hydrogen-bond acceptors (Lipinski definition) is 2. The zero-order chi connectivity index (χ0) is 14.8. The Balaban J connectivity index is 2.01. The van der Waals surface area contributed by atoms with Gasteiger partial charge in [0.25, 0.3) is 0 Å². The number of benzene rings is 1. The van der Waals surface area contributed by atoms with E-state index in [4.69, 9.17) is 4.74 Å². The Morgan fingerprint density at radius 1 is 1.14 bits per heavy atom. The van der Waals surface area contributed by atoms with Gasteiger partial charge >= 0.3 is 0 Å². The topological polar surface area (TPSA) is 29.5 Å². The molecule has 1 heterocycles. The van der Waals surface area contributed by atoms with Gasteiger partial charge in [-0.25, -0.2) is 0 Å². The van der Waals surface area contributed by atoms with Gasteiger partial charge in [0.1, 0.15) is 5.75 Å². The first-order valence-corrected chi connectivity index (χ1v) is 7.82. The lowest BCUT2D eigenvalue weighted by atomic mass is 9.80. The molecule has 0 saturated carbocycles. The summed E-state index contributed by atoms with van der Waals surface area (Å²) in [5, 5.41) is 0. The quantitative estimate of drug-likeness (QED) is 0.772. The third-order valence-electron chi connectivity index (χ3n) is 4.76. The van der Waals surface area contributed by atoms with E-state index in [1.54, 1.807) is 19.6 Å². The lowest BCUT2D eigenvalue weighted by Crippen LogP contribution is -2.39. The minimum absolute atomic E-state index is 0.137. The summed E-state index contributed by atoms with van der Waals surface area (Å²) in [6.45, 7) is 2.54. The predicted molar refractivity (Wildman–Crippen MR) is 83.2 cm³/mol. The molecule has 1 atom stereocenters. The molecule has 1 aromatic carbocycles. The van der Waals surface area contributed by atoms with Crippen molar-refractivity contribution < 1.29 is 9.53 Å². The highest BCUT2D eigenvalue weighted by atomic mass is 16.5. The Kier molecular flexibility index (Phi) is 4.00. The fraction of sp³-hybridized carbons (Fsp3) is 0.500. The summed E-state index contributed by atoms with van der Waals surface area (Å²) in [5.74, 6) is 1.04. The molecule has 112 valence electrons. The van der Waals surface area contributed by atoms with Crippen LogP contribution in [0.25, 0.3) is 0 Å². The largest absolute Gasteiger partial charge is 0.497 e. The van der Waals surface area contributed by atoms with Gasteiger partial charge in [-0.15, -0.1) is 0 Å². The Morgan fingerprint density at radius 2 is 1.86 bits per heavy atom. The first kappa shape index (κ1) is 14.2. The number of hydrogen-bond donors (Lipinski definition) is 0. The van der Waals surface area contributed by atoms with Crippen LogP contribution in [0.5, 0.6) is 5.75 Å². The molecule has 1 aliphatic carbocycles. The van der Waals surface area contributed by atoms with E-state index < -0.39 is 0 Å². The van der Waals surface area contributed by atoms with Crippen LogP contribution in [0.15, 0.2) is 35.4 Å². The highest BCUT2D eigenvalue weighted by Crippen LogP contribution is 2.42. The number of ether oxygens (including phenoxy) is 1. The molecule has 1 aliphatic heterocycles. The summed E-state index contributed by atoms with van der Waals surface area (Å²) >= 11 is 0. The summed E-state index contributed by atoms with van der Waals surface area (Å²) in [7, 11) is 1.68. The highest BCUT2D eigenvalue weighted by Gasteiger charge is 2.33. The highest BCUT2D eigenvalue weighted by molar-refractivity contribution is 5.75. The van der Waals surface area contributed by atoms with Crippen LogP contribution in [-0.2, 0) is 4.79 Å². The van der Waals surface area contributed by atoms with E-state index in [0.717, 1.165) is 25.1 Å². The molecular formula is C18H23NO2. The predicted octanol–water partition coefficient (Wildman–Crippen LogP) is 3.86. The number of nitrogens with zero attached hydrogens (tertiary/aromatic N) is 1. The number of carbonyl (C=O) groups is 1. The minimum Gasteiger partial charge on any atom is -0.497 e. The average molecular weight is 285 g/mol. The van der Waals surface area contributed by atoms with Crippen LogP contribution < -0.4 is 4.74 Å². The van der Waals surface area contributed by atoms with E-state index in [0.29, 0.717) is 0 Å². The molecule has 0 aromatic heterocycles. The van der Waals surface area contributed by atoms with Crippen LogP contribution in [-0.4, -0.2) is 24.5 Å². The van der Waals surface area contributed by atoms with Crippen LogP contribution in [0.4, 0.5) is 0 Å². The van der Waals surface area contributed by atoms with Crippen molar-refractivity contribution in [3.8, 4) is 5.75 Å². The molecular weight excluding hydrogens is 262 g/mol. The Morgan fingerprint density at radius 3 is 2.52 bits per heavy atom. The molecule has 1 unspecified atom stereocenters.